The van der Waals surface area contributed by atoms with Crippen molar-refractivity contribution in [2.45, 2.75) is 13.5 Å². The number of benzene rings is 2. The van der Waals surface area contributed by atoms with Gasteiger partial charge in [-0.25, -0.2) is 0 Å². The van der Waals surface area contributed by atoms with Crippen LogP contribution < -0.4 is 10.2 Å². The van der Waals surface area contributed by atoms with Crippen LogP contribution >= 0.6 is 12.2 Å². The predicted molar refractivity (Wildman–Crippen MR) is 112 cm³/mol. The first-order valence-corrected chi connectivity index (χ1v) is 9.59. The molecule has 0 unspecified atom stereocenters. The molecule has 0 saturated carbocycles. The number of ether oxygens (including phenoxy) is 1. The van der Waals surface area contributed by atoms with Gasteiger partial charge in [-0.05, 0) is 36.8 Å². The molecule has 138 valence electrons. The molecule has 0 aromatic heterocycles. The molecule has 26 heavy (non-hydrogen) atoms. The molecule has 0 radical (unpaired) electrons. The first-order valence-electron chi connectivity index (χ1n) is 9.18. The largest absolute Gasteiger partial charge is 0.379 e. The first kappa shape index (κ1) is 18.8. The molecule has 0 spiro atoms. The molecule has 1 fully saturated rings. The van der Waals surface area contributed by atoms with Gasteiger partial charge in [0.15, 0.2) is 5.11 Å². The average molecular weight is 370 g/mol. The van der Waals surface area contributed by atoms with Gasteiger partial charge in [-0.1, -0.05) is 48.0 Å². The molecule has 3 rings (SSSR count). The van der Waals surface area contributed by atoms with Gasteiger partial charge in [0.05, 0.1) is 19.8 Å². The van der Waals surface area contributed by atoms with Crippen LogP contribution in [0.25, 0.3) is 0 Å². The standard InChI is InChI=1S/C21H27N3OS/c1-18-7-9-20(10-8-18)24(17-19-5-3-2-4-6-19)21(26)22-11-12-23-13-15-25-16-14-23/h2-10H,11-17H2,1H3,(H,22,26). The highest BCUT2D eigenvalue weighted by molar-refractivity contribution is 7.80. The van der Waals surface area contributed by atoms with Crippen LogP contribution in [0.3, 0.4) is 0 Å². The van der Waals surface area contributed by atoms with E-state index in [0.29, 0.717) is 0 Å². The Morgan fingerprint density at radius 2 is 1.77 bits per heavy atom. The summed E-state index contributed by atoms with van der Waals surface area (Å²) < 4.78 is 5.40. The van der Waals surface area contributed by atoms with E-state index in [2.05, 4.69) is 70.6 Å². The Bertz CT molecular complexity index is 684. The molecule has 1 heterocycles. The molecule has 1 aliphatic heterocycles. The number of morpholine rings is 1. The van der Waals surface area contributed by atoms with Crippen LogP contribution in [0.5, 0.6) is 0 Å². The van der Waals surface area contributed by atoms with Crippen LogP contribution in [0, 0.1) is 6.92 Å². The summed E-state index contributed by atoms with van der Waals surface area (Å²) in [6.45, 7) is 8.34. The quantitative estimate of drug-likeness (QED) is 0.790. The van der Waals surface area contributed by atoms with Gasteiger partial charge < -0.3 is 15.0 Å². The summed E-state index contributed by atoms with van der Waals surface area (Å²) >= 11 is 5.73. The van der Waals surface area contributed by atoms with Crippen LogP contribution in [0.1, 0.15) is 11.1 Å². The Labute approximate surface area is 161 Å². The van der Waals surface area contributed by atoms with E-state index >= 15 is 0 Å². The van der Waals surface area contributed by atoms with Crippen molar-refractivity contribution in [2.24, 2.45) is 0 Å². The third kappa shape index (κ3) is 5.53. The van der Waals surface area contributed by atoms with Crippen molar-refractivity contribution in [1.29, 1.82) is 0 Å². The summed E-state index contributed by atoms with van der Waals surface area (Å²) in [5.74, 6) is 0. The van der Waals surface area contributed by atoms with Gasteiger partial charge in [-0.3, -0.25) is 4.90 Å². The number of rotatable bonds is 6. The molecule has 0 bridgehead atoms. The Hall–Kier alpha value is -1.95. The first-order chi connectivity index (χ1) is 12.7. The van der Waals surface area contributed by atoms with E-state index in [0.717, 1.165) is 56.7 Å². The number of aryl methyl sites for hydroxylation is 1. The Morgan fingerprint density at radius 3 is 2.46 bits per heavy atom. The van der Waals surface area contributed by atoms with E-state index in [1.165, 1.54) is 11.1 Å². The number of nitrogens with zero attached hydrogens (tertiary/aromatic N) is 2. The topological polar surface area (TPSA) is 27.7 Å². The second-order valence-corrected chi connectivity index (χ2v) is 6.98. The lowest BCUT2D eigenvalue weighted by Crippen LogP contribution is -2.45. The van der Waals surface area contributed by atoms with E-state index in [1.54, 1.807) is 0 Å². The van der Waals surface area contributed by atoms with Crippen LogP contribution in [0.4, 0.5) is 5.69 Å². The fourth-order valence-electron chi connectivity index (χ4n) is 3.01. The lowest BCUT2D eigenvalue weighted by atomic mass is 10.2. The van der Waals surface area contributed by atoms with E-state index in [4.69, 9.17) is 17.0 Å². The summed E-state index contributed by atoms with van der Waals surface area (Å²) in [6, 6.07) is 19.0. The van der Waals surface area contributed by atoms with Gasteiger partial charge in [0, 0.05) is 31.9 Å². The van der Waals surface area contributed by atoms with Crippen LogP contribution in [-0.2, 0) is 11.3 Å². The maximum Gasteiger partial charge on any atom is 0.173 e. The van der Waals surface area contributed by atoms with Crippen molar-refractivity contribution in [1.82, 2.24) is 10.2 Å². The smallest absolute Gasteiger partial charge is 0.173 e. The minimum absolute atomic E-state index is 0.757. The summed E-state index contributed by atoms with van der Waals surface area (Å²) in [5, 5.41) is 4.21. The van der Waals surface area contributed by atoms with E-state index < -0.39 is 0 Å². The van der Waals surface area contributed by atoms with Gasteiger partial charge in [0.25, 0.3) is 0 Å². The molecule has 0 amide bonds. The molecule has 0 atom stereocenters. The molecular weight excluding hydrogens is 342 g/mol. The molecule has 4 nitrogen and oxygen atoms in total. The molecule has 1 N–H and O–H groups in total. The predicted octanol–water partition coefficient (Wildman–Crippen LogP) is 3.21. The van der Waals surface area contributed by atoms with Gasteiger partial charge in [-0.15, -0.1) is 0 Å². The fourth-order valence-corrected chi connectivity index (χ4v) is 3.28. The van der Waals surface area contributed by atoms with Crippen molar-refractivity contribution >= 4 is 23.0 Å². The number of thiocarbonyl (C=S) groups is 1. The van der Waals surface area contributed by atoms with Crippen molar-refractivity contribution in [3.8, 4) is 0 Å². The molecule has 1 aliphatic rings. The van der Waals surface area contributed by atoms with E-state index in [9.17, 15) is 0 Å². The van der Waals surface area contributed by atoms with Crippen molar-refractivity contribution < 1.29 is 4.74 Å². The van der Waals surface area contributed by atoms with Crippen LogP contribution in [0.2, 0.25) is 0 Å². The van der Waals surface area contributed by atoms with Crippen LogP contribution in [0.15, 0.2) is 54.6 Å². The fraction of sp³-hybridized carbons (Fsp3) is 0.381. The molecule has 2 aromatic rings. The average Bonchev–Trinajstić information content (AvgIpc) is 2.68. The maximum absolute atomic E-state index is 5.73. The summed E-state index contributed by atoms with van der Waals surface area (Å²) in [5.41, 5.74) is 3.60. The SMILES string of the molecule is Cc1ccc(N(Cc2ccccc2)C(=S)NCCN2CCOCC2)cc1. The maximum atomic E-state index is 5.73. The van der Waals surface area contributed by atoms with Crippen molar-refractivity contribution in [2.75, 3.05) is 44.3 Å². The normalized spacial score (nSPS) is 14.8. The number of hydrogen-bond donors (Lipinski definition) is 1. The van der Waals surface area contributed by atoms with Crippen LogP contribution in [-0.4, -0.2) is 49.4 Å². The number of hydrogen-bond acceptors (Lipinski definition) is 3. The summed E-state index contributed by atoms with van der Waals surface area (Å²) in [4.78, 5) is 4.58. The zero-order valence-electron chi connectivity index (χ0n) is 15.4. The van der Waals surface area contributed by atoms with Crippen molar-refractivity contribution in [3.05, 3.63) is 65.7 Å². The monoisotopic (exact) mass is 369 g/mol. The minimum Gasteiger partial charge on any atom is -0.379 e. The lowest BCUT2D eigenvalue weighted by Gasteiger charge is -2.29. The van der Waals surface area contributed by atoms with E-state index in [1.807, 2.05) is 6.07 Å². The van der Waals surface area contributed by atoms with Gasteiger partial charge in [0.2, 0.25) is 0 Å². The molecule has 2 aromatic carbocycles. The van der Waals surface area contributed by atoms with Gasteiger partial charge in [-0.2, -0.15) is 0 Å². The highest BCUT2D eigenvalue weighted by Crippen LogP contribution is 2.18. The Balaban J connectivity index is 1.63. The summed E-state index contributed by atoms with van der Waals surface area (Å²) in [7, 11) is 0. The zero-order valence-corrected chi connectivity index (χ0v) is 16.2. The highest BCUT2D eigenvalue weighted by atomic mass is 32.1. The molecule has 0 aliphatic carbocycles. The second-order valence-electron chi connectivity index (χ2n) is 6.59. The third-order valence-electron chi connectivity index (χ3n) is 4.58. The van der Waals surface area contributed by atoms with Gasteiger partial charge >= 0.3 is 0 Å². The van der Waals surface area contributed by atoms with Crippen molar-refractivity contribution in [3.63, 3.8) is 0 Å². The Morgan fingerprint density at radius 1 is 1.08 bits per heavy atom. The highest BCUT2D eigenvalue weighted by Gasteiger charge is 2.14. The molecule has 5 heteroatoms. The van der Waals surface area contributed by atoms with Gasteiger partial charge in [0.1, 0.15) is 0 Å². The summed E-state index contributed by atoms with van der Waals surface area (Å²) in [6.07, 6.45) is 0. The molecule has 1 saturated heterocycles. The number of anilines is 1. The Kier molecular flexibility index (Phi) is 7.00. The van der Waals surface area contributed by atoms with E-state index in [-0.39, 0.29) is 0 Å². The molecular formula is C21H27N3OS. The third-order valence-corrected chi connectivity index (χ3v) is 4.95. The number of nitrogens with one attached hydrogen (secondary N) is 1. The second kappa shape index (κ2) is 9.67. The lowest BCUT2D eigenvalue weighted by molar-refractivity contribution is 0.0389. The minimum atomic E-state index is 0.757. The zero-order chi connectivity index (χ0) is 18.2.